The van der Waals surface area contributed by atoms with Crippen LogP contribution in [0.5, 0.6) is 0 Å². The highest BCUT2D eigenvalue weighted by molar-refractivity contribution is 5.28. The van der Waals surface area contributed by atoms with E-state index in [0.717, 1.165) is 24.9 Å². The summed E-state index contributed by atoms with van der Waals surface area (Å²) in [5.74, 6) is -0.112. The molecule has 1 atom stereocenters. The van der Waals surface area contributed by atoms with Gasteiger partial charge in [0.15, 0.2) is 0 Å². The molecule has 1 aliphatic rings. The van der Waals surface area contributed by atoms with Gasteiger partial charge >= 0.3 is 0 Å². The van der Waals surface area contributed by atoms with Gasteiger partial charge in [-0.3, -0.25) is 0 Å². The van der Waals surface area contributed by atoms with Gasteiger partial charge in [-0.15, -0.1) is 0 Å². The summed E-state index contributed by atoms with van der Waals surface area (Å²) in [5.41, 5.74) is 1.42. The topological polar surface area (TPSA) is 21.3 Å². The average Bonchev–Trinajstić information content (AvgIpc) is 2.74. The van der Waals surface area contributed by atoms with Crippen LogP contribution in [0.2, 0.25) is 0 Å². The third-order valence-electron chi connectivity index (χ3n) is 2.84. The van der Waals surface area contributed by atoms with Crippen molar-refractivity contribution in [3.8, 4) is 0 Å². The number of methoxy groups -OCH3 is 1. The maximum absolute atomic E-state index is 14.0. The molecule has 1 fully saturated rings. The van der Waals surface area contributed by atoms with E-state index < -0.39 is 0 Å². The number of nitrogens with one attached hydrogen (secondary N) is 1. The van der Waals surface area contributed by atoms with Crippen molar-refractivity contribution in [2.24, 2.45) is 0 Å². The van der Waals surface area contributed by atoms with E-state index in [-0.39, 0.29) is 11.9 Å². The van der Waals surface area contributed by atoms with Crippen LogP contribution in [0.25, 0.3) is 0 Å². The SMILES string of the molecule is COCc1cccc(C2CCCN2)c1F. The predicted octanol–water partition coefficient (Wildman–Crippen LogP) is 2.40. The number of hydrogen-bond acceptors (Lipinski definition) is 2. The second-order valence-corrected chi connectivity index (χ2v) is 3.90. The molecule has 0 spiro atoms. The van der Waals surface area contributed by atoms with E-state index in [1.807, 2.05) is 12.1 Å². The van der Waals surface area contributed by atoms with Gasteiger partial charge < -0.3 is 10.1 Å². The second-order valence-electron chi connectivity index (χ2n) is 3.90. The maximum atomic E-state index is 14.0. The monoisotopic (exact) mass is 209 g/mol. The Morgan fingerprint density at radius 1 is 1.53 bits per heavy atom. The summed E-state index contributed by atoms with van der Waals surface area (Å²) < 4.78 is 19.0. The van der Waals surface area contributed by atoms with Crippen LogP contribution in [0.1, 0.15) is 30.0 Å². The molecule has 0 bridgehead atoms. The highest BCUT2D eigenvalue weighted by atomic mass is 19.1. The lowest BCUT2D eigenvalue weighted by molar-refractivity contribution is 0.181. The predicted molar refractivity (Wildman–Crippen MR) is 57.1 cm³/mol. The van der Waals surface area contributed by atoms with Crippen molar-refractivity contribution >= 4 is 0 Å². The average molecular weight is 209 g/mol. The van der Waals surface area contributed by atoms with Crippen LogP contribution in [0.15, 0.2) is 18.2 Å². The Bertz CT molecular complexity index is 334. The summed E-state index contributed by atoms with van der Waals surface area (Å²) in [4.78, 5) is 0. The molecule has 15 heavy (non-hydrogen) atoms. The lowest BCUT2D eigenvalue weighted by Gasteiger charge is -2.13. The Kier molecular flexibility index (Phi) is 3.34. The molecule has 1 aromatic carbocycles. The normalized spacial score (nSPS) is 20.8. The van der Waals surface area contributed by atoms with E-state index in [1.165, 1.54) is 0 Å². The summed E-state index contributed by atoms with van der Waals surface area (Å²) in [7, 11) is 1.58. The van der Waals surface area contributed by atoms with Gasteiger partial charge in [0.25, 0.3) is 0 Å². The van der Waals surface area contributed by atoms with Gasteiger partial charge in [0.1, 0.15) is 5.82 Å². The molecule has 1 heterocycles. The van der Waals surface area contributed by atoms with Gasteiger partial charge in [0, 0.05) is 24.3 Å². The van der Waals surface area contributed by atoms with Crippen molar-refractivity contribution in [3.63, 3.8) is 0 Å². The quantitative estimate of drug-likeness (QED) is 0.825. The Labute approximate surface area is 89.4 Å². The molecule has 0 radical (unpaired) electrons. The first kappa shape index (κ1) is 10.6. The van der Waals surface area contributed by atoms with Crippen LogP contribution >= 0.6 is 0 Å². The first-order valence-electron chi connectivity index (χ1n) is 5.32. The lowest BCUT2D eigenvalue weighted by Crippen LogP contribution is -2.15. The molecule has 0 aliphatic carbocycles. The fourth-order valence-electron chi connectivity index (χ4n) is 2.09. The van der Waals surface area contributed by atoms with Crippen molar-refractivity contribution < 1.29 is 9.13 Å². The minimum absolute atomic E-state index is 0.112. The smallest absolute Gasteiger partial charge is 0.133 e. The van der Waals surface area contributed by atoms with Crippen molar-refractivity contribution in [3.05, 3.63) is 35.1 Å². The largest absolute Gasteiger partial charge is 0.380 e. The van der Waals surface area contributed by atoms with Crippen molar-refractivity contribution in [2.45, 2.75) is 25.5 Å². The molecular weight excluding hydrogens is 193 g/mol. The summed E-state index contributed by atoms with van der Waals surface area (Å²) in [6.45, 7) is 1.32. The van der Waals surface area contributed by atoms with Crippen LogP contribution in [0, 0.1) is 5.82 Å². The summed E-state index contributed by atoms with van der Waals surface area (Å²) in [5, 5.41) is 3.30. The third-order valence-corrected chi connectivity index (χ3v) is 2.84. The fourth-order valence-corrected chi connectivity index (χ4v) is 2.09. The molecule has 82 valence electrons. The van der Waals surface area contributed by atoms with Crippen LogP contribution in [-0.4, -0.2) is 13.7 Å². The van der Waals surface area contributed by atoms with E-state index in [1.54, 1.807) is 13.2 Å². The fraction of sp³-hybridized carbons (Fsp3) is 0.500. The standard InChI is InChI=1S/C12H16FNO/c1-15-8-9-4-2-5-10(12(9)13)11-6-3-7-14-11/h2,4-5,11,14H,3,6-8H2,1H3. The molecule has 0 saturated carbocycles. The maximum Gasteiger partial charge on any atom is 0.133 e. The van der Waals surface area contributed by atoms with Crippen LogP contribution < -0.4 is 5.32 Å². The highest BCUT2D eigenvalue weighted by Crippen LogP contribution is 2.26. The summed E-state index contributed by atoms with van der Waals surface area (Å²) in [6, 6.07) is 5.71. The second kappa shape index (κ2) is 4.73. The van der Waals surface area contributed by atoms with Crippen LogP contribution in [0.3, 0.4) is 0 Å². The zero-order valence-electron chi connectivity index (χ0n) is 8.92. The van der Waals surface area contributed by atoms with E-state index in [2.05, 4.69) is 5.32 Å². The number of ether oxygens (including phenoxy) is 1. The Morgan fingerprint density at radius 3 is 3.07 bits per heavy atom. The highest BCUT2D eigenvalue weighted by Gasteiger charge is 2.20. The molecule has 3 heteroatoms. The number of rotatable bonds is 3. The molecule has 1 unspecified atom stereocenters. The lowest BCUT2D eigenvalue weighted by atomic mass is 10.0. The molecule has 0 amide bonds. The minimum Gasteiger partial charge on any atom is -0.380 e. The van der Waals surface area contributed by atoms with Gasteiger partial charge in [0.2, 0.25) is 0 Å². The van der Waals surface area contributed by atoms with E-state index in [4.69, 9.17) is 4.74 Å². The van der Waals surface area contributed by atoms with E-state index in [0.29, 0.717) is 12.2 Å². The molecular formula is C12H16FNO. The Morgan fingerprint density at radius 2 is 2.40 bits per heavy atom. The number of hydrogen-bond donors (Lipinski definition) is 1. The van der Waals surface area contributed by atoms with Gasteiger partial charge in [-0.2, -0.15) is 0 Å². The molecule has 1 saturated heterocycles. The molecule has 1 aromatic rings. The molecule has 2 nitrogen and oxygen atoms in total. The molecule has 0 aromatic heterocycles. The van der Waals surface area contributed by atoms with Crippen molar-refractivity contribution in [2.75, 3.05) is 13.7 Å². The van der Waals surface area contributed by atoms with Crippen molar-refractivity contribution in [1.82, 2.24) is 5.32 Å². The molecule has 1 aliphatic heterocycles. The van der Waals surface area contributed by atoms with E-state index >= 15 is 0 Å². The summed E-state index contributed by atoms with van der Waals surface area (Å²) >= 11 is 0. The Balaban J connectivity index is 2.26. The first-order valence-corrected chi connectivity index (χ1v) is 5.32. The zero-order valence-corrected chi connectivity index (χ0v) is 8.92. The van der Waals surface area contributed by atoms with E-state index in [9.17, 15) is 4.39 Å². The van der Waals surface area contributed by atoms with Gasteiger partial charge in [-0.25, -0.2) is 4.39 Å². The van der Waals surface area contributed by atoms with Gasteiger partial charge in [0.05, 0.1) is 6.61 Å². The third kappa shape index (κ3) is 2.19. The number of halogens is 1. The number of benzene rings is 1. The van der Waals surface area contributed by atoms with Crippen LogP contribution in [0.4, 0.5) is 4.39 Å². The zero-order chi connectivity index (χ0) is 10.7. The van der Waals surface area contributed by atoms with Crippen LogP contribution in [-0.2, 0) is 11.3 Å². The first-order chi connectivity index (χ1) is 7.33. The van der Waals surface area contributed by atoms with Gasteiger partial charge in [-0.05, 0) is 19.4 Å². The minimum atomic E-state index is -0.112. The summed E-state index contributed by atoms with van der Waals surface area (Å²) in [6.07, 6.45) is 2.14. The Hall–Kier alpha value is -0.930. The van der Waals surface area contributed by atoms with Crippen molar-refractivity contribution in [1.29, 1.82) is 0 Å². The molecule has 2 rings (SSSR count). The molecule has 1 N–H and O–H groups in total. The van der Waals surface area contributed by atoms with Gasteiger partial charge in [-0.1, -0.05) is 18.2 Å².